The number of hydrogen-bond donors (Lipinski definition) is 2. The lowest BCUT2D eigenvalue weighted by Gasteiger charge is -2.14. The van der Waals surface area contributed by atoms with E-state index in [1.807, 2.05) is 0 Å². The molecule has 7 nitrogen and oxygen atoms in total. The van der Waals surface area contributed by atoms with E-state index in [2.05, 4.69) is 15.5 Å². The molecule has 0 aromatic heterocycles. The maximum Gasteiger partial charge on any atom is 0.341 e. The minimum atomic E-state index is -1.09. The Labute approximate surface area is 171 Å². The van der Waals surface area contributed by atoms with Gasteiger partial charge in [-0.25, -0.2) is 9.18 Å². The number of benzene rings is 3. The van der Waals surface area contributed by atoms with E-state index < -0.39 is 23.8 Å². The van der Waals surface area contributed by atoms with Crippen LogP contribution in [0.15, 0.2) is 83.0 Å². The highest BCUT2D eigenvalue weighted by molar-refractivity contribution is 5.99. The Balaban J connectivity index is 1.68. The molecule has 0 fully saturated rings. The van der Waals surface area contributed by atoms with Crippen LogP contribution in [0.4, 0.5) is 21.5 Å². The Morgan fingerprint density at radius 1 is 0.967 bits per heavy atom. The SMILES string of the molecule is C[C@@H](OC(=O)c1ccccc1N=Nc1ccc(O)cc1)C(=O)Nc1ccc(F)cc1. The van der Waals surface area contributed by atoms with Crippen molar-refractivity contribution in [3.8, 4) is 5.75 Å². The number of carbonyl (C=O) groups is 2. The molecule has 3 aromatic carbocycles. The molecule has 0 aliphatic heterocycles. The van der Waals surface area contributed by atoms with Gasteiger partial charge in [-0.3, -0.25) is 4.79 Å². The van der Waals surface area contributed by atoms with Crippen LogP contribution in [0.5, 0.6) is 5.75 Å². The lowest BCUT2D eigenvalue weighted by atomic mass is 10.2. The number of rotatable bonds is 6. The van der Waals surface area contributed by atoms with E-state index in [0.717, 1.165) is 0 Å². The Morgan fingerprint density at radius 2 is 1.63 bits per heavy atom. The number of ether oxygens (including phenoxy) is 1. The molecule has 1 amide bonds. The number of phenolic OH excluding ortho intramolecular Hbond substituents is 1. The fourth-order valence-electron chi connectivity index (χ4n) is 2.42. The molecule has 1 atom stereocenters. The van der Waals surface area contributed by atoms with Crippen molar-refractivity contribution in [1.29, 1.82) is 0 Å². The number of nitrogens with zero attached hydrogens (tertiary/aromatic N) is 2. The highest BCUT2D eigenvalue weighted by Gasteiger charge is 2.21. The minimum absolute atomic E-state index is 0.103. The monoisotopic (exact) mass is 407 g/mol. The molecule has 0 spiro atoms. The fourth-order valence-corrected chi connectivity index (χ4v) is 2.42. The molecule has 8 heteroatoms. The summed E-state index contributed by atoms with van der Waals surface area (Å²) in [7, 11) is 0. The normalized spacial score (nSPS) is 11.8. The van der Waals surface area contributed by atoms with E-state index in [9.17, 15) is 19.1 Å². The number of carbonyl (C=O) groups excluding carboxylic acids is 2. The van der Waals surface area contributed by atoms with Crippen LogP contribution in [0.25, 0.3) is 0 Å². The lowest BCUT2D eigenvalue weighted by molar-refractivity contribution is -0.123. The van der Waals surface area contributed by atoms with Crippen LogP contribution in [-0.2, 0) is 9.53 Å². The minimum Gasteiger partial charge on any atom is -0.508 e. The number of anilines is 1. The van der Waals surface area contributed by atoms with Crippen molar-refractivity contribution in [2.24, 2.45) is 10.2 Å². The van der Waals surface area contributed by atoms with E-state index in [4.69, 9.17) is 4.74 Å². The van der Waals surface area contributed by atoms with Crippen LogP contribution in [-0.4, -0.2) is 23.1 Å². The first-order valence-electron chi connectivity index (χ1n) is 8.99. The van der Waals surface area contributed by atoms with Crippen LogP contribution in [0.3, 0.4) is 0 Å². The second-order valence-electron chi connectivity index (χ2n) is 6.28. The molecular weight excluding hydrogens is 389 g/mol. The Bertz CT molecular complexity index is 1070. The van der Waals surface area contributed by atoms with Gasteiger partial charge in [-0.1, -0.05) is 12.1 Å². The number of azo groups is 1. The summed E-state index contributed by atoms with van der Waals surface area (Å²) in [5.74, 6) is -1.62. The van der Waals surface area contributed by atoms with Gasteiger partial charge in [0.1, 0.15) is 17.3 Å². The van der Waals surface area contributed by atoms with Gasteiger partial charge in [0.25, 0.3) is 5.91 Å². The van der Waals surface area contributed by atoms with Gasteiger partial charge in [0.05, 0.1) is 11.3 Å². The number of amides is 1. The summed E-state index contributed by atoms with van der Waals surface area (Å²) in [6.07, 6.45) is -1.09. The van der Waals surface area contributed by atoms with Crippen LogP contribution < -0.4 is 5.32 Å². The van der Waals surface area contributed by atoms with Crippen molar-refractivity contribution in [2.45, 2.75) is 13.0 Å². The smallest absolute Gasteiger partial charge is 0.341 e. The average Bonchev–Trinajstić information content (AvgIpc) is 2.75. The van der Waals surface area contributed by atoms with Crippen LogP contribution in [0.2, 0.25) is 0 Å². The Morgan fingerprint density at radius 3 is 2.33 bits per heavy atom. The summed E-state index contributed by atoms with van der Waals surface area (Å²) in [4.78, 5) is 24.8. The molecule has 0 heterocycles. The van der Waals surface area contributed by atoms with Crippen molar-refractivity contribution < 1.29 is 23.8 Å². The summed E-state index contributed by atoms with van der Waals surface area (Å²) in [5.41, 5.74) is 1.28. The van der Waals surface area contributed by atoms with Gasteiger partial charge in [-0.05, 0) is 67.6 Å². The van der Waals surface area contributed by atoms with Gasteiger partial charge in [-0.2, -0.15) is 5.11 Å². The largest absolute Gasteiger partial charge is 0.508 e. The zero-order valence-corrected chi connectivity index (χ0v) is 15.9. The van der Waals surface area contributed by atoms with Crippen LogP contribution in [0.1, 0.15) is 17.3 Å². The molecule has 0 saturated heterocycles. The molecule has 0 bridgehead atoms. The van der Waals surface area contributed by atoms with Crippen molar-refractivity contribution in [3.63, 3.8) is 0 Å². The standard InChI is InChI=1S/C22H18FN3O4/c1-14(21(28)24-16-8-6-15(23)7-9-16)30-22(29)19-4-2-3-5-20(19)26-25-17-10-12-18(27)13-11-17/h2-14,27H,1H3,(H,24,28)/t14-/m1/s1. The highest BCUT2D eigenvalue weighted by Crippen LogP contribution is 2.24. The summed E-state index contributed by atoms with van der Waals surface area (Å²) < 4.78 is 18.2. The lowest BCUT2D eigenvalue weighted by Crippen LogP contribution is -2.30. The predicted octanol–water partition coefficient (Wildman–Crippen LogP) is 5.13. The summed E-state index contributed by atoms with van der Waals surface area (Å²) in [6.45, 7) is 1.43. The maximum atomic E-state index is 13.0. The molecule has 0 unspecified atom stereocenters. The zero-order chi connectivity index (χ0) is 21.5. The number of hydrogen-bond acceptors (Lipinski definition) is 6. The van der Waals surface area contributed by atoms with Gasteiger partial charge in [0.15, 0.2) is 6.10 Å². The maximum absolute atomic E-state index is 13.0. The molecule has 0 aliphatic rings. The average molecular weight is 407 g/mol. The number of nitrogens with one attached hydrogen (secondary N) is 1. The number of aromatic hydroxyl groups is 1. The first-order valence-corrected chi connectivity index (χ1v) is 8.99. The van der Waals surface area contributed by atoms with E-state index in [0.29, 0.717) is 11.4 Å². The van der Waals surface area contributed by atoms with E-state index >= 15 is 0 Å². The second kappa shape index (κ2) is 9.42. The van der Waals surface area contributed by atoms with Crippen LogP contribution in [0, 0.1) is 5.82 Å². The summed E-state index contributed by atoms with van der Waals surface area (Å²) in [5, 5.41) is 20.0. The van der Waals surface area contributed by atoms with Crippen LogP contribution >= 0.6 is 0 Å². The number of phenols is 1. The Hall–Kier alpha value is -4.07. The van der Waals surface area contributed by atoms with E-state index in [1.54, 1.807) is 30.3 Å². The number of halogens is 1. The van der Waals surface area contributed by atoms with Gasteiger partial charge in [0, 0.05) is 5.69 Å². The van der Waals surface area contributed by atoms with Gasteiger partial charge in [0.2, 0.25) is 0 Å². The summed E-state index contributed by atoms with van der Waals surface area (Å²) in [6, 6.07) is 17.7. The third-order valence-corrected chi connectivity index (χ3v) is 4.01. The molecule has 152 valence electrons. The summed E-state index contributed by atoms with van der Waals surface area (Å²) >= 11 is 0. The molecule has 3 rings (SSSR count). The second-order valence-corrected chi connectivity index (χ2v) is 6.28. The van der Waals surface area contributed by atoms with Gasteiger partial charge >= 0.3 is 5.97 Å². The van der Waals surface area contributed by atoms with Gasteiger partial charge in [-0.15, -0.1) is 5.11 Å². The molecule has 0 saturated carbocycles. The van der Waals surface area contributed by atoms with Gasteiger partial charge < -0.3 is 15.2 Å². The van der Waals surface area contributed by atoms with E-state index in [-0.39, 0.29) is 17.0 Å². The fraction of sp³-hybridized carbons (Fsp3) is 0.0909. The topological polar surface area (TPSA) is 100 Å². The van der Waals surface area contributed by atoms with Crippen molar-refractivity contribution in [3.05, 3.63) is 84.2 Å². The first kappa shape index (κ1) is 20.7. The van der Waals surface area contributed by atoms with Crippen molar-refractivity contribution in [1.82, 2.24) is 0 Å². The van der Waals surface area contributed by atoms with Crippen molar-refractivity contribution >= 4 is 28.9 Å². The predicted molar refractivity (Wildman–Crippen MR) is 109 cm³/mol. The molecule has 0 aliphatic carbocycles. The number of esters is 1. The zero-order valence-electron chi connectivity index (χ0n) is 15.9. The molecular formula is C22H18FN3O4. The Kier molecular flexibility index (Phi) is 6.49. The highest BCUT2D eigenvalue weighted by atomic mass is 19.1. The molecule has 3 aromatic rings. The molecule has 0 radical (unpaired) electrons. The molecule has 30 heavy (non-hydrogen) atoms. The third kappa shape index (κ3) is 5.48. The van der Waals surface area contributed by atoms with E-state index in [1.165, 1.54) is 49.4 Å². The van der Waals surface area contributed by atoms with Crippen molar-refractivity contribution in [2.75, 3.05) is 5.32 Å². The molecule has 2 N–H and O–H groups in total. The first-order chi connectivity index (χ1) is 14.4. The quantitative estimate of drug-likeness (QED) is 0.437. The third-order valence-electron chi connectivity index (χ3n) is 4.01.